The van der Waals surface area contributed by atoms with Crippen LogP contribution in [0.4, 0.5) is 0 Å². The van der Waals surface area contributed by atoms with Crippen LogP contribution >= 0.6 is 0 Å². The molecule has 0 saturated carbocycles. The van der Waals surface area contributed by atoms with E-state index >= 15 is 0 Å². The number of nitrogens with one attached hydrogen (secondary N) is 1. The Hall–Kier alpha value is -2.82. The van der Waals surface area contributed by atoms with Gasteiger partial charge in [0.2, 0.25) is 5.91 Å². The molecular formula is C21H26N2O3. The van der Waals surface area contributed by atoms with E-state index < -0.39 is 6.04 Å². The van der Waals surface area contributed by atoms with Gasteiger partial charge in [0.1, 0.15) is 11.8 Å². The molecule has 5 heteroatoms. The lowest BCUT2D eigenvalue weighted by Crippen LogP contribution is -2.49. The minimum Gasteiger partial charge on any atom is -0.484 e. The highest BCUT2D eigenvalue weighted by Gasteiger charge is 2.28. The van der Waals surface area contributed by atoms with Crippen LogP contribution in [-0.4, -0.2) is 36.4 Å². The molecule has 0 fully saturated rings. The van der Waals surface area contributed by atoms with Crippen molar-refractivity contribution in [2.75, 3.05) is 13.7 Å². The van der Waals surface area contributed by atoms with Crippen molar-refractivity contribution in [1.82, 2.24) is 10.2 Å². The Morgan fingerprint density at radius 3 is 2.31 bits per heavy atom. The van der Waals surface area contributed by atoms with Crippen LogP contribution in [0.3, 0.4) is 0 Å². The zero-order valence-corrected chi connectivity index (χ0v) is 15.6. The molecule has 0 radical (unpaired) electrons. The van der Waals surface area contributed by atoms with E-state index in [1.165, 1.54) is 0 Å². The van der Waals surface area contributed by atoms with Gasteiger partial charge in [0, 0.05) is 13.6 Å². The van der Waals surface area contributed by atoms with E-state index in [9.17, 15) is 9.59 Å². The second kappa shape index (κ2) is 9.61. The molecule has 2 aromatic carbocycles. The Balaban J connectivity index is 2.16. The number of carbonyl (C=O) groups excluding carboxylic acids is 2. The van der Waals surface area contributed by atoms with Gasteiger partial charge in [-0.3, -0.25) is 9.59 Å². The Morgan fingerprint density at radius 1 is 1.08 bits per heavy atom. The number of ether oxygens (including phenoxy) is 1. The van der Waals surface area contributed by atoms with Crippen molar-refractivity contribution in [3.05, 3.63) is 65.7 Å². The zero-order chi connectivity index (χ0) is 18.9. The maximum atomic E-state index is 12.8. The fraction of sp³-hybridized carbons (Fsp3) is 0.333. The van der Waals surface area contributed by atoms with Crippen molar-refractivity contribution < 1.29 is 14.3 Å². The number of hydrogen-bond acceptors (Lipinski definition) is 3. The van der Waals surface area contributed by atoms with E-state index in [-0.39, 0.29) is 18.4 Å². The highest BCUT2D eigenvalue weighted by Crippen LogP contribution is 2.14. The number of rotatable bonds is 8. The zero-order valence-electron chi connectivity index (χ0n) is 15.6. The first kappa shape index (κ1) is 19.5. The number of benzene rings is 2. The minimum atomic E-state index is -0.534. The first-order chi connectivity index (χ1) is 12.5. The van der Waals surface area contributed by atoms with E-state index in [2.05, 4.69) is 5.32 Å². The van der Waals surface area contributed by atoms with Crippen LogP contribution in [0.25, 0.3) is 0 Å². The van der Waals surface area contributed by atoms with Gasteiger partial charge in [-0.1, -0.05) is 55.0 Å². The standard InChI is InChI=1S/C21H26N2O3/c1-4-19(21(25)22-3)23(14-17-12-10-16(2)11-13-17)20(24)15-26-18-8-6-5-7-9-18/h5-13,19H,4,14-15H2,1-3H3,(H,22,25)/t19-/m1/s1. The number of para-hydroxylation sites is 1. The molecule has 2 aromatic rings. The SMILES string of the molecule is CC[C@H](C(=O)NC)N(Cc1ccc(C)cc1)C(=O)COc1ccccc1. The van der Waals surface area contributed by atoms with Crippen molar-refractivity contribution in [2.24, 2.45) is 0 Å². The summed E-state index contributed by atoms with van der Waals surface area (Å²) in [6, 6.07) is 16.6. The summed E-state index contributed by atoms with van der Waals surface area (Å²) < 4.78 is 5.59. The van der Waals surface area contributed by atoms with Gasteiger partial charge in [0.25, 0.3) is 5.91 Å². The van der Waals surface area contributed by atoms with Crippen LogP contribution in [-0.2, 0) is 16.1 Å². The predicted octanol–water partition coefficient (Wildman–Crippen LogP) is 2.93. The molecule has 26 heavy (non-hydrogen) atoms. The third-order valence-electron chi connectivity index (χ3n) is 4.21. The van der Waals surface area contributed by atoms with E-state index in [1.54, 1.807) is 24.1 Å². The van der Waals surface area contributed by atoms with Crippen molar-refractivity contribution >= 4 is 11.8 Å². The van der Waals surface area contributed by atoms with Crippen LogP contribution < -0.4 is 10.1 Å². The molecule has 138 valence electrons. The second-order valence-electron chi connectivity index (χ2n) is 6.15. The summed E-state index contributed by atoms with van der Waals surface area (Å²) in [4.78, 5) is 26.7. The number of hydrogen-bond donors (Lipinski definition) is 1. The van der Waals surface area contributed by atoms with Gasteiger partial charge in [-0.05, 0) is 31.0 Å². The lowest BCUT2D eigenvalue weighted by Gasteiger charge is -2.30. The maximum absolute atomic E-state index is 12.8. The summed E-state index contributed by atoms with van der Waals surface area (Å²) in [5.74, 6) is 0.238. The van der Waals surface area contributed by atoms with Gasteiger partial charge >= 0.3 is 0 Å². The highest BCUT2D eigenvalue weighted by atomic mass is 16.5. The molecule has 0 aromatic heterocycles. The molecule has 0 bridgehead atoms. The first-order valence-electron chi connectivity index (χ1n) is 8.79. The van der Waals surface area contributed by atoms with Crippen molar-refractivity contribution in [2.45, 2.75) is 32.9 Å². The Morgan fingerprint density at radius 2 is 1.73 bits per heavy atom. The topological polar surface area (TPSA) is 58.6 Å². The lowest BCUT2D eigenvalue weighted by molar-refractivity contribution is -0.142. The third kappa shape index (κ3) is 5.34. The molecular weight excluding hydrogens is 328 g/mol. The number of likely N-dealkylation sites (N-methyl/N-ethyl adjacent to an activating group) is 1. The quantitative estimate of drug-likeness (QED) is 0.793. The number of aryl methyl sites for hydroxylation is 1. The summed E-state index contributed by atoms with van der Waals surface area (Å²) in [5, 5.41) is 2.65. The summed E-state index contributed by atoms with van der Waals surface area (Å²) in [6.45, 7) is 4.17. The monoisotopic (exact) mass is 354 g/mol. The normalized spacial score (nSPS) is 11.5. The molecule has 0 heterocycles. The molecule has 2 rings (SSSR count). The molecule has 0 aliphatic carbocycles. The molecule has 2 amide bonds. The minimum absolute atomic E-state index is 0.108. The van der Waals surface area contributed by atoms with E-state index in [0.717, 1.165) is 11.1 Å². The summed E-state index contributed by atoms with van der Waals surface area (Å²) in [7, 11) is 1.58. The summed E-state index contributed by atoms with van der Waals surface area (Å²) in [5.41, 5.74) is 2.13. The molecule has 1 N–H and O–H groups in total. The Kier molecular flexibility index (Phi) is 7.21. The van der Waals surface area contributed by atoms with E-state index in [0.29, 0.717) is 18.7 Å². The van der Waals surface area contributed by atoms with Gasteiger partial charge in [0.05, 0.1) is 0 Å². The average molecular weight is 354 g/mol. The van der Waals surface area contributed by atoms with Crippen LogP contribution in [0.15, 0.2) is 54.6 Å². The molecule has 0 spiro atoms. The van der Waals surface area contributed by atoms with Crippen LogP contribution in [0, 0.1) is 6.92 Å². The van der Waals surface area contributed by atoms with Crippen molar-refractivity contribution in [1.29, 1.82) is 0 Å². The highest BCUT2D eigenvalue weighted by molar-refractivity contribution is 5.88. The molecule has 5 nitrogen and oxygen atoms in total. The molecule has 0 aliphatic heterocycles. The third-order valence-corrected chi connectivity index (χ3v) is 4.21. The smallest absolute Gasteiger partial charge is 0.261 e. The predicted molar refractivity (Wildman–Crippen MR) is 102 cm³/mol. The number of carbonyl (C=O) groups is 2. The van der Waals surface area contributed by atoms with E-state index in [1.807, 2.05) is 56.3 Å². The van der Waals surface area contributed by atoms with Crippen LogP contribution in [0.2, 0.25) is 0 Å². The fourth-order valence-electron chi connectivity index (χ4n) is 2.72. The van der Waals surface area contributed by atoms with Gasteiger partial charge in [-0.25, -0.2) is 0 Å². The average Bonchev–Trinajstić information content (AvgIpc) is 2.68. The molecule has 0 aliphatic rings. The van der Waals surface area contributed by atoms with Gasteiger partial charge in [0.15, 0.2) is 6.61 Å². The summed E-state index contributed by atoms with van der Waals surface area (Å²) in [6.07, 6.45) is 0.530. The summed E-state index contributed by atoms with van der Waals surface area (Å²) >= 11 is 0. The van der Waals surface area contributed by atoms with Gasteiger partial charge in [-0.2, -0.15) is 0 Å². The van der Waals surface area contributed by atoms with Gasteiger partial charge < -0.3 is 15.0 Å². The fourth-order valence-corrected chi connectivity index (χ4v) is 2.72. The van der Waals surface area contributed by atoms with E-state index in [4.69, 9.17) is 4.74 Å². The number of amides is 2. The Bertz CT molecular complexity index is 714. The molecule has 0 unspecified atom stereocenters. The number of nitrogens with zero attached hydrogens (tertiary/aromatic N) is 1. The van der Waals surface area contributed by atoms with Crippen molar-refractivity contribution in [3.63, 3.8) is 0 Å². The lowest BCUT2D eigenvalue weighted by atomic mass is 10.1. The first-order valence-corrected chi connectivity index (χ1v) is 8.79. The van der Waals surface area contributed by atoms with Crippen LogP contribution in [0.1, 0.15) is 24.5 Å². The van der Waals surface area contributed by atoms with Crippen LogP contribution in [0.5, 0.6) is 5.75 Å². The van der Waals surface area contributed by atoms with Crippen molar-refractivity contribution in [3.8, 4) is 5.75 Å². The Labute approximate surface area is 155 Å². The maximum Gasteiger partial charge on any atom is 0.261 e. The molecule has 1 atom stereocenters. The van der Waals surface area contributed by atoms with Gasteiger partial charge in [-0.15, -0.1) is 0 Å². The molecule has 0 saturated heterocycles. The second-order valence-corrected chi connectivity index (χ2v) is 6.15. The largest absolute Gasteiger partial charge is 0.484 e.